The predicted molar refractivity (Wildman–Crippen MR) is 61.3 cm³/mol. The number of allylic oxidation sites excluding steroid dienone is 4. The molecule has 70 valence electrons. The molecule has 0 aromatic rings. The molecule has 0 aliphatic heterocycles. The zero-order chi connectivity index (χ0) is 9.45. The third-order valence-corrected chi connectivity index (χ3v) is 3.09. The molecule has 0 nitrogen and oxygen atoms in total. The van der Waals surface area contributed by atoms with Gasteiger partial charge in [0.1, 0.15) is 0 Å². The Hall–Kier alpha value is -0.303. The van der Waals surface area contributed by atoms with Crippen LogP contribution in [0.4, 0.5) is 0 Å². The first-order chi connectivity index (χ1) is 5.56. The van der Waals surface area contributed by atoms with Gasteiger partial charge in [-0.1, -0.05) is 43.9 Å². The fourth-order valence-electron chi connectivity index (χ4n) is 0.914. The molecule has 0 saturated carbocycles. The molecule has 0 unspecified atom stereocenters. The fraction of sp³-hybridized carbons (Fsp3) is 0.636. The molecule has 0 N–H and O–H groups in total. The highest BCUT2D eigenvalue weighted by atomic mass is 28.3. The third kappa shape index (κ3) is 9.70. The molecule has 0 spiro atoms. The van der Waals surface area contributed by atoms with Crippen LogP contribution in [0.5, 0.6) is 0 Å². The summed E-state index contributed by atoms with van der Waals surface area (Å²) in [5, 5.41) is 0. The summed E-state index contributed by atoms with van der Waals surface area (Å²) in [4.78, 5) is 0. The Morgan fingerprint density at radius 2 is 1.50 bits per heavy atom. The summed E-state index contributed by atoms with van der Waals surface area (Å²) < 4.78 is 0. The summed E-state index contributed by atoms with van der Waals surface area (Å²) in [5.74, 6) is 0. The fourth-order valence-corrected chi connectivity index (χ4v) is 1.79. The molecule has 0 atom stereocenters. The second-order valence-corrected chi connectivity index (χ2v) is 9.91. The van der Waals surface area contributed by atoms with Crippen LogP contribution in [0.25, 0.3) is 0 Å². The predicted octanol–water partition coefficient (Wildman–Crippen LogP) is 4.24. The molecule has 0 bridgehead atoms. The van der Waals surface area contributed by atoms with E-state index in [2.05, 4.69) is 50.9 Å². The lowest BCUT2D eigenvalue weighted by atomic mass is 10.3. The summed E-state index contributed by atoms with van der Waals surface area (Å²) in [6.45, 7) is 9.29. The summed E-state index contributed by atoms with van der Waals surface area (Å²) in [6, 6.07) is 1.32. The van der Waals surface area contributed by atoms with E-state index < -0.39 is 8.07 Å². The smallest absolute Gasteiger partial charge is 0.0480 e. The maximum absolute atomic E-state index is 2.41. The Balaban J connectivity index is 3.38. The van der Waals surface area contributed by atoms with Crippen LogP contribution in [0.3, 0.4) is 0 Å². The molecule has 0 fully saturated rings. The van der Waals surface area contributed by atoms with Crippen LogP contribution in [-0.4, -0.2) is 8.07 Å². The first-order valence-corrected chi connectivity index (χ1v) is 8.53. The van der Waals surface area contributed by atoms with Crippen LogP contribution < -0.4 is 0 Å². The third-order valence-electron chi connectivity index (χ3n) is 1.63. The van der Waals surface area contributed by atoms with Crippen LogP contribution in [0.2, 0.25) is 25.7 Å². The van der Waals surface area contributed by atoms with E-state index >= 15 is 0 Å². The van der Waals surface area contributed by atoms with Gasteiger partial charge in [0.05, 0.1) is 0 Å². The maximum atomic E-state index is 2.41. The van der Waals surface area contributed by atoms with Gasteiger partial charge in [-0.2, -0.15) is 0 Å². The Labute approximate surface area is 78.4 Å². The van der Waals surface area contributed by atoms with Gasteiger partial charge < -0.3 is 0 Å². The summed E-state index contributed by atoms with van der Waals surface area (Å²) in [6.07, 6.45) is 11.4. The van der Waals surface area contributed by atoms with Gasteiger partial charge in [0.15, 0.2) is 0 Å². The van der Waals surface area contributed by atoms with Crippen molar-refractivity contribution in [3.8, 4) is 0 Å². The molecule has 0 aromatic carbocycles. The zero-order valence-corrected chi connectivity index (χ0v) is 9.93. The van der Waals surface area contributed by atoms with Crippen molar-refractivity contribution < 1.29 is 0 Å². The molecule has 0 amide bonds. The van der Waals surface area contributed by atoms with Gasteiger partial charge in [0.25, 0.3) is 0 Å². The van der Waals surface area contributed by atoms with Gasteiger partial charge in [-0.15, -0.1) is 0 Å². The average molecular weight is 182 g/mol. The normalized spacial score (nSPS) is 13.3. The highest BCUT2D eigenvalue weighted by Crippen LogP contribution is 2.08. The molecule has 0 aromatic heterocycles. The largest absolute Gasteiger partial charge is 0.0917 e. The van der Waals surface area contributed by atoms with E-state index in [1.54, 1.807) is 0 Å². The minimum absolute atomic E-state index is 0.831. The van der Waals surface area contributed by atoms with Crippen molar-refractivity contribution in [2.45, 2.75) is 45.5 Å². The van der Waals surface area contributed by atoms with E-state index in [-0.39, 0.29) is 0 Å². The van der Waals surface area contributed by atoms with Crippen molar-refractivity contribution in [3.05, 3.63) is 24.3 Å². The molecule has 0 aliphatic rings. The highest BCUT2D eigenvalue weighted by molar-refractivity contribution is 6.76. The number of hydrogen-bond donors (Lipinski definition) is 0. The monoisotopic (exact) mass is 182 g/mol. The quantitative estimate of drug-likeness (QED) is 0.339. The first kappa shape index (κ1) is 11.7. The summed E-state index contributed by atoms with van der Waals surface area (Å²) >= 11 is 0. The van der Waals surface area contributed by atoms with E-state index in [4.69, 9.17) is 0 Å². The Morgan fingerprint density at radius 1 is 0.917 bits per heavy atom. The van der Waals surface area contributed by atoms with E-state index in [1.165, 1.54) is 18.9 Å². The summed E-state index contributed by atoms with van der Waals surface area (Å²) in [5.41, 5.74) is 0. The lowest BCUT2D eigenvalue weighted by molar-refractivity contribution is 1.05. The Morgan fingerprint density at radius 3 is 2.00 bits per heavy atom. The molecule has 12 heavy (non-hydrogen) atoms. The van der Waals surface area contributed by atoms with Crippen LogP contribution in [0, 0.1) is 0 Å². The average Bonchev–Trinajstić information content (AvgIpc) is 1.94. The van der Waals surface area contributed by atoms with E-state index in [1.807, 2.05) is 0 Å². The van der Waals surface area contributed by atoms with Gasteiger partial charge >= 0.3 is 0 Å². The van der Waals surface area contributed by atoms with Crippen LogP contribution in [0.15, 0.2) is 24.3 Å². The number of hydrogen-bond acceptors (Lipinski definition) is 0. The van der Waals surface area contributed by atoms with Gasteiger partial charge in [-0.25, -0.2) is 0 Å². The van der Waals surface area contributed by atoms with Crippen molar-refractivity contribution in [2.24, 2.45) is 0 Å². The topological polar surface area (TPSA) is 0 Å². The molecular formula is C11H22Si. The van der Waals surface area contributed by atoms with Crippen molar-refractivity contribution in [1.29, 1.82) is 0 Å². The SMILES string of the molecule is CC=CCCC=CC[Si](C)(C)C. The van der Waals surface area contributed by atoms with Crippen molar-refractivity contribution in [3.63, 3.8) is 0 Å². The van der Waals surface area contributed by atoms with Gasteiger partial charge in [0.2, 0.25) is 0 Å². The zero-order valence-electron chi connectivity index (χ0n) is 8.93. The van der Waals surface area contributed by atoms with E-state index in [0.29, 0.717) is 0 Å². The van der Waals surface area contributed by atoms with Gasteiger partial charge in [-0.3, -0.25) is 0 Å². The first-order valence-electron chi connectivity index (χ1n) is 4.82. The molecule has 0 radical (unpaired) electrons. The van der Waals surface area contributed by atoms with Crippen molar-refractivity contribution in [2.75, 3.05) is 0 Å². The van der Waals surface area contributed by atoms with Crippen molar-refractivity contribution >= 4 is 8.07 Å². The minimum Gasteiger partial charge on any atom is -0.0917 e. The number of rotatable bonds is 5. The Bertz CT molecular complexity index is 149. The van der Waals surface area contributed by atoms with Gasteiger partial charge in [-0.05, 0) is 25.8 Å². The van der Waals surface area contributed by atoms with Crippen LogP contribution in [-0.2, 0) is 0 Å². The lowest BCUT2D eigenvalue weighted by Gasteiger charge is -2.11. The Kier molecular flexibility index (Phi) is 6.08. The van der Waals surface area contributed by atoms with E-state index in [0.717, 1.165) is 0 Å². The molecule has 1 heteroatoms. The lowest BCUT2D eigenvalue weighted by Crippen LogP contribution is -2.17. The van der Waals surface area contributed by atoms with Crippen LogP contribution in [0.1, 0.15) is 19.8 Å². The standard InChI is InChI=1S/C11H22Si/c1-5-6-7-8-9-10-11-12(2,3)4/h5-6,9-10H,7-8,11H2,1-4H3. The second-order valence-electron chi connectivity index (χ2n) is 4.38. The summed E-state index contributed by atoms with van der Waals surface area (Å²) in [7, 11) is -0.831. The molecular weight excluding hydrogens is 160 g/mol. The minimum atomic E-state index is -0.831. The van der Waals surface area contributed by atoms with Gasteiger partial charge in [0, 0.05) is 8.07 Å². The molecule has 0 aliphatic carbocycles. The number of unbranched alkanes of at least 4 members (excludes halogenated alkanes) is 1. The van der Waals surface area contributed by atoms with Crippen molar-refractivity contribution in [1.82, 2.24) is 0 Å². The molecule has 0 saturated heterocycles. The molecule has 0 heterocycles. The second kappa shape index (κ2) is 6.24. The highest BCUT2D eigenvalue weighted by Gasteiger charge is 2.08. The van der Waals surface area contributed by atoms with Crippen LogP contribution >= 0.6 is 0 Å². The van der Waals surface area contributed by atoms with E-state index in [9.17, 15) is 0 Å². The maximum Gasteiger partial charge on any atom is 0.0480 e. The molecule has 0 rings (SSSR count).